The summed E-state index contributed by atoms with van der Waals surface area (Å²) in [5.74, 6) is 0.927. The van der Waals surface area contributed by atoms with Crippen LogP contribution in [-0.2, 0) is 6.54 Å². The lowest BCUT2D eigenvalue weighted by Crippen LogP contribution is -2.16. The van der Waals surface area contributed by atoms with Crippen molar-refractivity contribution in [2.24, 2.45) is 0 Å². The van der Waals surface area contributed by atoms with Crippen LogP contribution in [0.3, 0.4) is 0 Å². The monoisotopic (exact) mass is 328 g/mol. The smallest absolute Gasteiger partial charge is 0.160 e. The number of hydrogen-bond acceptors (Lipinski definition) is 3. The number of benzene rings is 1. The largest absolute Gasteiger partial charge is 0.351 e. The summed E-state index contributed by atoms with van der Waals surface area (Å²) in [4.78, 5) is 11.5. The lowest BCUT2D eigenvalue weighted by atomic mass is 10.1. The van der Waals surface area contributed by atoms with E-state index in [4.69, 9.17) is 4.98 Å². The van der Waals surface area contributed by atoms with Crippen LogP contribution in [0.25, 0.3) is 16.7 Å². The van der Waals surface area contributed by atoms with E-state index >= 15 is 0 Å². The summed E-state index contributed by atoms with van der Waals surface area (Å²) >= 11 is 0. The standard InChI is InChI=1S/C21H20N4/c1-15-12-18(14-24(3)16(15)2)20-23-19-10-7-11-22-21(19)25(20)13-17-8-5-4-6-9-17/h4-12,14H,2,13H2,1,3H3. The molecule has 0 atom stereocenters. The second-order valence-electron chi connectivity index (χ2n) is 6.32. The molecule has 0 saturated carbocycles. The fraction of sp³-hybridized carbons (Fsp3) is 0.143. The first-order chi connectivity index (χ1) is 12.1. The van der Waals surface area contributed by atoms with Gasteiger partial charge in [0.2, 0.25) is 0 Å². The van der Waals surface area contributed by atoms with Gasteiger partial charge in [0.15, 0.2) is 5.65 Å². The van der Waals surface area contributed by atoms with E-state index in [9.17, 15) is 0 Å². The van der Waals surface area contributed by atoms with Gasteiger partial charge in [0, 0.05) is 30.7 Å². The highest BCUT2D eigenvalue weighted by molar-refractivity contribution is 5.81. The molecule has 0 aliphatic carbocycles. The molecule has 1 aliphatic heterocycles. The first-order valence-corrected chi connectivity index (χ1v) is 8.31. The van der Waals surface area contributed by atoms with E-state index in [1.807, 2.05) is 36.3 Å². The number of allylic oxidation sites excluding steroid dienone is 3. The number of fused-ring (bicyclic) bond motifs is 1. The van der Waals surface area contributed by atoms with Crippen LogP contribution in [-0.4, -0.2) is 26.5 Å². The fourth-order valence-electron chi connectivity index (χ4n) is 3.14. The molecule has 4 nitrogen and oxygen atoms in total. The van der Waals surface area contributed by atoms with Gasteiger partial charge in [0.05, 0.1) is 6.54 Å². The molecule has 4 rings (SSSR count). The highest BCUT2D eigenvalue weighted by Crippen LogP contribution is 2.29. The predicted octanol–water partition coefficient (Wildman–Crippen LogP) is 4.23. The van der Waals surface area contributed by atoms with Crippen molar-refractivity contribution in [1.82, 2.24) is 19.4 Å². The second kappa shape index (κ2) is 6.06. The Bertz CT molecular complexity index is 1010. The molecule has 25 heavy (non-hydrogen) atoms. The minimum atomic E-state index is 0.735. The van der Waals surface area contributed by atoms with E-state index in [1.54, 1.807) is 0 Å². The third-order valence-electron chi connectivity index (χ3n) is 4.53. The van der Waals surface area contributed by atoms with Crippen molar-refractivity contribution in [3.63, 3.8) is 0 Å². The number of likely N-dealkylation sites (N-methyl/N-ethyl adjacent to an activating group) is 1. The van der Waals surface area contributed by atoms with Gasteiger partial charge in [-0.3, -0.25) is 0 Å². The van der Waals surface area contributed by atoms with E-state index in [0.29, 0.717) is 0 Å². The predicted molar refractivity (Wildman–Crippen MR) is 102 cm³/mol. The number of imidazole rings is 1. The SMILES string of the molecule is C=C1C(C)=CC(c2nc3cccnc3n2Cc2ccccc2)=CN1C. The van der Waals surface area contributed by atoms with Crippen LogP contribution >= 0.6 is 0 Å². The molecular formula is C21H20N4. The summed E-state index contributed by atoms with van der Waals surface area (Å²) in [5.41, 5.74) is 6.26. The molecule has 3 heterocycles. The molecule has 3 aromatic rings. The molecule has 1 aliphatic rings. The van der Waals surface area contributed by atoms with E-state index in [2.05, 4.69) is 59.6 Å². The Morgan fingerprint density at radius 3 is 2.64 bits per heavy atom. The molecule has 0 bridgehead atoms. The van der Waals surface area contributed by atoms with Crippen LogP contribution in [0.4, 0.5) is 0 Å². The molecule has 0 saturated heterocycles. The molecule has 1 aromatic carbocycles. The van der Waals surface area contributed by atoms with Gasteiger partial charge in [-0.05, 0) is 36.3 Å². The van der Waals surface area contributed by atoms with Gasteiger partial charge in [-0.1, -0.05) is 36.9 Å². The van der Waals surface area contributed by atoms with Gasteiger partial charge in [0.1, 0.15) is 11.3 Å². The molecule has 0 spiro atoms. The number of hydrogen-bond donors (Lipinski definition) is 0. The minimum absolute atomic E-state index is 0.735. The van der Waals surface area contributed by atoms with Crippen LogP contribution in [0.1, 0.15) is 18.3 Å². The highest BCUT2D eigenvalue weighted by Gasteiger charge is 2.18. The Labute approximate surface area is 147 Å². The average Bonchev–Trinajstić information content (AvgIpc) is 2.99. The quantitative estimate of drug-likeness (QED) is 0.721. The summed E-state index contributed by atoms with van der Waals surface area (Å²) < 4.78 is 2.18. The highest BCUT2D eigenvalue weighted by atomic mass is 15.1. The Morgan fingerprint density at radius 2 is 1.88 bits per heavy atom. The third kappa shape index (κ3) is 2.76. The average molecular weight is 328 g/mol. The van der Waals surface area contributed by atoms with E-state index in [-0.39, 0.29) is 0 Å². The summed E-state index contributed by atoms with van der Waals surface area (Å²) in [7, 11) is 2.02. The molecule has 2 aromatic heterocycles. The molecule has 0 amide bonds. The number of rotatable bonds is 3. The van der Waals surface area contributed by atoms with Crippen LogP contribution in [0, 0.1) is 0 Å². The summed E-state index contributed by atoms with van der Waals surface area (Å²) in [6.45, 7) is 6.92. The van der Waals surface area contributed by atoms with Crippen molar-refractivity contribution in [1.29, 1.82) is 0 Å². The molecule has 0 N–H and O–H groups in total. The van der Waals surface area contributed by atoms with E-state index in [0.717, 1.165) is 40.4 Å². The number of pyridine rings is 1. The Hall–Kier alpha value is -3.14. The van der Waals surface area contributed by atoms with Crippen molar-refractivity contribution in [2.75, 3.05) is 7.05 Å². The van der Waals surface area contributed by atoms with Gasteiger partial charge in [-0.15, -0.1) is 0 Å². The van der Waals surface area contributed by atoms with Crippen molar-refractivity contribution in [3.05, 3.63) is 90.2 Å². The zero-order valence-corrected chi connectivity index (χ0v) is 14.5. The van der Waals surface area contributed by atoms with Crippen LogP contribution in [0.5, 0.6) is 0 Å². The van der Waals surface area contributed by atoms with Crippen LogP contribution in [0.15, 0.2) is 78.8 Å². The second-order valence-corrected chi connectivity index (χ2v) is 6.32. The molecule has 124 valence electrons. The molecule has 0 unspecified atom stereocenters. The molecular weight excluding hydrogens is 308 g/mol. The van der Waals surface area contributed by atoms with Gasteiger partial charge in [-0.25, -0.2) is 9.97 Å². The lowest BCUT2D eigenvalue weighted by Gasteiger charge is -2.24. The summed E-state index contributed by atoms with van der Waals surface area (Å²) in [5, 5.41) is 0. The molecule has 4 heteroatoms. The Balaban J connectivity index is 1.88. The van der Waals surface area contributed by atoms with Gasteiger partial charge >= 0.3 is 0 Å². The van der Waals surface area contributed by atoms with Gasteiger partial charge < -0.3 is 9.47 Å². The fourth-order valence-corrected chi connectivity index (χ4v) is 3.14. The maximum Gasteiger partial charge on any atom is 0.160 e. The molecule has 0 radical (unpaired) electrons. The Morgan fingerprint density at radius 1 is 1.08 bits per heavy atom. The zero-order valence-electron chi connectivity index (χ0n) is 14.5. The van der Waals surface area contributed by atoms with Crippen molar-refractivity contribution < 1.29 is 0 Å². The Kier molecular flexibility index (Phi) is 3.73. The lowest BCUT2D eigenvalue weighted by molar-refractivity contribution is 0.577. The van der Waals surface area contributed by atoms with Crippen molar-refractivity contribution in [3.8, 4) is 0 Å². The van der Waals surface area contributed by atoms with Crippen LogP contribution < -0.4 is 0 Å². The molecule has 0 fully saturated rings. The van der Waals surface area contributed by atoms with Gasteiger partial charge in [-0.2, -0.15) is 0 Å². The third-order valence-corrected chi connectivity index (χ3v) is 4.53. The summed E-state index contributed by atoms with van der Waals surface area (Å²) in [6.07, 6.45) is 6.04. The topological polar surface area (TPSA) is 34.0 Å². The van der Waals surface area contributed by atoms with Crippen LogP contribution in [0.2, 0.25) is 0 Å². The number of aromatic nitrogens is 3. The maximum absolute atomic E-state index is 4.86. The normalized spacial score (nSPS) is 14.6. The minimum Gasteiger partial charge on any atom is -0.351 e. The van der Waals surface area contributed by atoms with Gasteiger partial charge in [0.25, 0.3) is 0 Å². The zero-order chi connectivity index (χ0) is 17.4. The van der Waals surface area contributed by atoms with Crippen molar-refractivity contribution >= 4 is 16.7 Å². The van der Waals surface area contributed by atoms with E-state index < -0.39 is 0 Å². The summed E-state index contributed by atoms with van der Waals surface area (Å²) in [6, 6.07) is 14.3. The van der Waals surface area contributed by atoms with Crippen molar-refractivity contribution in [2.45, 2.75) is 13.5 Å². The first-order valence-electron chi connectivity index (χ1n) is 8.31. The van der Waals surface area contributed by atoms with E-state index in [1.165, 1.54) is 5.56 Å². The first kappa shape index (κ1) is 15.4. The maximum atomic E-state index is 4.86. The number of nitrogens with zero attached hydrogens (tertiary/aromatic N) is 4.